The Morgan fingerprint density at radius 1 is 1.35 bits per heavy atom. The van der Waals surface area contributed by atoms with E-state index in [0.717, 1.165) is 6.54 Å². The first-order chi connectivity index (χ1) is 10.4. The molecule has 0 aromatic heterocycles. The van der Waals surface area contributed by atoms with Gasteiger partial charge in [-0.15, -0.1) is 24.0 Å². The quantitative estimate of drug-likeness (QED) is 0.321. The van der Waals surface area contributed by atoms with Crippen LogP contribution in [0.15, 0.2) is 23.2 Å². The van der Waals surface area contributed by atoms with E-state index in [0.29, 0.717) is 21.8 Å². The molecule has 0 amide bonds. The van der Waals surface area contributed by atoms with E-state index in [1.54, 1.807) is 18.2 Å². The second-order valence-corrected chi connectivity index (χ2v) is 5.82. The predicted octanol–water partition coefficient (Wildman–Crippen LogP) is 3.31. The van der Waals surface area contributed by atoms with Crippen LogP contribution >= 0.6 is 47.2 Å². The van der Waals surface area contributed by atoms with Gasteiger partial charge in [-0.05, 0) is 32.9 Å². The first-order valence-corrected chi connectivity index (χ1v) is 7.99. The van der Waals surface area contributed by atoms with Gasteiger partial charge in [0.05, 0.1) is 11.6 Å². The number of aliphatic hydroxyl groups is 1. The molecular formula is C15H24Cl2IN3O2. The predicted molar refractivity (Wildman–Crippen MR) is 108 cm³/mol. The van der Waals surface area contributed by atoms with Crippen molar-refractivity contribution < 1.29 is 9.84 Å². The van der Waals surface area contributed by atoms with Crippen LogP contribution in [0.4, 0.5) is 0 Å². The van der Waals surface area contributed by atoms with Gasteiger partial charge in [0.1, 0.15) is 23.5 Å². The Morgan fingerprint density at radius 3 is 2.65 bits per heavy atom. The summed E-state index contributed by atoms with van der Waals surface area (Å²) in [6, 6.07) is 5.38. The number of ether oxygens (including phenoxy) is 1. The maximum Gasteiger partial charge on any atom is 0.191 e. The summed E-state index contributed by atoms with van der Waals surface area (Å²) in [6.07, 6.45) is -0.738. The highest BCUT2D eigenvalue weighted by atomic mass is 127. The van der Waals surface area contributed by atoms with Crippen LogP contribution in [0.25, 0.3) is 0 Å². The largest absolute Gasteiger partial charge is 0.489 e. The van der Waals surface area contributed by atoms with Gasteiger partial charge in [0, 0.05) is 12.6 Å². The van der Waals surface area contributed by atoms with Crippen molar-refractivity contribution in [1.29, 1.82) is 0 Å². The van der Waals surface area contributed by atoms with E-state index >= 15 is 0 Å². The summed E-state index contributed by atoms with van der Waals surface area (Å²) in [4.78, 5) is 4.31. The fraction of sp³-hybridized carbons (Fsp3) is 0.533. The van der Waals surface area contributed by atoms with Crippen LogP contribution in [0.2, 0.25) is 10.0 Å². The van der Waals surface area contributed by atoms with Crippen LogP contribution in [0.5, 0.6) is 5.75 Å². The molecule has 3 N–H and O–H groups in total. The van der Waals surface area contributed by atoms with Crippen molar-refractivity contribution in [2.75, 3.05) is 19.7 Å². The molecule has 0 bridgehead atoms. The lowest BCUT2D eigenvalue weighted by atomic mass is 10.3. The van der Waals surface area contributed by atoms with E-state index in [4.69, 9.17) is 27.9 Å². The third-order valence-corrected chi connectivity index (χ3v) is 3.38. The first kappa shape index (κ1) is 22.6. The molecule has 0 saturated carbocycles. The van der Waals surface area contributed by atoms with Crippen molar-refractivity contribution in [3.05, 3.63) is 28.2 Å². The molecule has 0 heterocycles. The van der Waals surface area contributed by atoms with Crippen molar-refractivity contribution in [1.82, 2.24) is 10.6 Å². The molecule has 1 unspecified atom stereocenters. The van der Waals surface area contributed by atoms with Gasteiger partial charge in [-0.25, -0.2) is 0 Å². The second kappa shape index (κ2) is 12.0. The molecule has 0 aliphatic carbocycles. The lowest BCUT2D eigenvalue weighted by molar-refractivity contribution is 0.114. The molecule has 0 aliphatic rings. The highest BCUT2D eigenvalue weighted by Crippen LogP contribution is 2.31. The number of hydrogen-bond acceptors (Lipinski definition) is 3. The van der Waals surface area contributed by atoms with E-state index in [2.05, 4.69) is 15.6 Å². The van der Waals surface area contributed by atoms with Gasteiger partial charge in [-0.3, -0.25) is 4.99 Å². The Bertz CT molecular complexity index is 502. The zero-order chi connectivity index (χ0) is 16.5. The molecule has 0 saturated heterocycles. The van der Waals surface area contributed by atoms with E-state index in [9.17, 15) is 5.11 Å². The average Bonchev–Trinajstić information content (AvgIpc) is 2.46. The van der Waals surface area contributed by atoms with Gasteiger partial charge in [0.2, 0.25) is 0 Å². The normalized spacial score (nSPS) is 12.6. The van der Waals surface area contributed by atoms with Crippen LogP contribution < -0.4 is 15.4 Å². The van der Waals surface area contributed by atoms with E-state index in [1.807, 2.05) is 20.8 Å². The molecule has 1 atom stereocenters. The molecule has 23 heavy (non-hydrogen) atoms. The highest BCUT2D eigenvalue weighted by molar-refractivity contribution is 14.0. The number of nitrogens with one attached hydrogen (secondary N) is 2. The summed E-state index contributed by atoms with van der Waals surface area (Å²) in [6.45, 7) is 7.09. The Balaban J connectivity index is 0.00000484. The van der Waals surface area contributed by atoms with Gasteiger partial charge >= 0.3 is 0 Å². The Hall–Kier alpha value is -0.440. The summed E-state index contributed by atoms with van der Waals surface area (Å²) in [5.41, 5.74) is 0. The van der Waals surface area contributed by atoms with Gasteiger partial charge in [-0.2, -0.15) is 0 Å². The zero-order valence-electron chi connectivity index (χ0n) is 13.5. The summed E-state index contributed by atoms with van der Waals surface area (Å²) in [7, 11) is 0. The van der Waals surface area contributed by atoms with Crippen LogP contribution in [-0.4, -0.2) is 42.9 Å². The smallest absolute Gasteiger partial charge is 0.191 e. The van der Waals surface area contributed by atoms with Crippen LogP contribution in [-0.2, 0) is 0 Å². The second-order valence-electron chi connectivity index (χ2n) is 5.04. The minimum absolute atomic E-state index is 0. The lowest BCUT2D eigenvalue weighted by Crippen LogP contribution is -2.41. The average molecular weight is 476 g/mol. The molecule has 1 aromatic carbocycles. The minimum atomic E-state index is -0.738. The number of nitrogens with zero attached hydrogens (tertiary/aromatic N) is 1. The van der Waals surface area contributed by atoms with Crippen molar-refractivity contribution in [2.45, 2.75) is 32.9 Å². The van der Waals surface area contributed by atoms with Gasteiger partial charge in [-0.1, -0.05) is 29.3 Å². The molecule has 0 spiro atoms. The first-order valence-electron chi connectivity index (χ1n) is 7.23. The van der Waals surface area contributed by atoms with Crippen LogP contribution in [0.3, 0.4) is 0 Å². The molecule has 5 nitrogen and oxygen atoms in total. The molecule has 8 heteroatoms. The minimum Gasteiger partial charge on any atom is -0.489 e. The van der Waals surface area contributed by atoms with Crippen LogP contribution in [0.1, 0.15) is 20.8 Å². The Morgan fingerprint density at radius 2 is 2.04 bits per heavy atom. The highest BCUT2D eigenvalue weighted by Gasteiger charge is 2.09. The van der Waals surface area contributed by atoms with Crippen molar-refractivity contribution in [3.8, 4) is 5.75 Å². The summed E-state index contributed by atoms with van der Waals surface area (Å²) in [5.74, 6) is 1.11. The zero-order valence-corrected chi connectivity index (χ0v) is 17.3. The lowest BCUT2D eigenvalue weighted by Gasteiger charge is -2.16. The number of guanidine groups is 1. The molecule has 132 valence electrons. The van der Waals surface area contributed by atoms with E-state index in [-0.39, 0.29) is 43.2 Å². The SMILES string of the molecule is CCNC(=NCC(O)COc1cccc(Cl)c1Cl)NC(C)C.I. The summed E-state index contributed by atoms with van der Waals surface area (Å²) >= 11 is 11.9. The maximum atomic E-state index is 9.96. The molecule has 0 fully saturated rings. The Labute approximate surface area is 164 Å². The molecule has 1 rings (SSSR count). The number of benzene rings is 1. The third kappa shape index (κ3) is 8.83. The van der Waals surface area contributed by atoms with Gasteiger partial charge < -0.3 is 20.5 Å². The number of hydrogen-bond donors (Lipinski definition) is 3. The molecule has 1 aromatic rings. The fourth-order valence-corrected chi connectivity index (χ4v) is 1.97. The van der Waals surface area contributed by atoms with Crippen molar-refractivity contribution in [3.63, 3.8) is 0 Å². The van der Waals surface area contributed by atoms with Crippen molar-refractivity contribution >= 4 is 53.1 Å². The molecule has 0 aliphatic heterocycles. The van der Waals surface area contributed by atoms with Gasteiger partial charge in [0.25, 0.3) is 0 Å². The Kier molecular flexibility index (Phi) is 11.8. The van der Waals surface area contributed by atoms with Gasteiger partial charge in [0.15, 0.2) is 5.96 Å². The summed E-state index contributed by atoms with van der Waals surface area (Å²) < 4.78 is 5.48. The number of halogens is 3. The summed E-state index contributed by atoms with van der Waals surface area (Å²) in [5, 5.41) is 17.0. The number of aliphatic imine (C=N–C) groups is 1. The van der Waals surface area contributed by atoms with E-state index < -0.39 is 6.10 Å². The number of aliphatic hydroxyl groups excluding tert-OH is 1. The number of rotatable bonds is 7. The monoisotopic (exact) mass is 475 g/mol. The van der Waals surface area contributed by atoms with Crippen LogP contribution in [0, 0.1) is 0 Å². The molecule has 0 radical (unpaired) electrons. The van der Waals surface area contributed by atoms with Crippen molar-refractivity contribution in [2.24, 2.45) is 4.99 Å². The van der Waals surface area contributed by atoms with E-state index in [1.165, 1.54) is 0 Å². The molecular weight excluding hydrogens is 452 g/mol. The third-order valence-electron chi connectivity index (χ3n) is 2.58. The standard InChI is InChI=1S/C15H23Cl2N3O2.HI/c1-4-18-15(20-10(2)3)19-8-11(21)9-22-13-7-5-6-12(16)14(13)17;/h5-7,10-11,21H,4,8-9H2,1-3H3,(H2,18,19,20);1H. The fourth-order valence-electron chi connectivity index (χ4n) is 1.62. The topological polar surface area (TPSA) is 65.9 Å². The maximum absolute atomic E-state index is 9.96.